The number of hydrogen-bond donors (Lipinski definition) is 1. The van der Waals surface area contributed by atoms with E-state index in [4.69, 9.17) is 9.47 Å². The van der Waals surface area contributed by atoms with Gasteiger partial charge < -0.3 is 9.47 Å². The molecule has 0 saturated carbocycles. The fourth-order valence-corrected chi connectivity index (χ4v) is 2.60. The summed E-state index contributed by atoms with van der Waals surface area (Å²) in [6, 6.07) is 16.9. The maximum Gasteiger partial charge on any atom is 0.277 e. The van der Waals surface area contributed by atoms with Gasteiger partial charge in [0.25, 0.3) is 5.91 Å². The minimum absolute atomic E-state index is 0.0932. The number of carbonyl (C=O) groups is 1. The van der Waals surface area contributed by atoms with Crippen molar-refractivity contribution >= 4 is 12.1 Å². The molecule has 1 N–H and O–H groups in total. The average Bonchev–Trinajstić information content (AvgIpc) is 2.73. The fourth-order valence-electron chi connectivity index (χ4n) is 2.60. The lowest BCUT2D eigenvalue weighted by atomic mass is 10.1. The Morgan fingerprint density at radius 1 is 0.893 bits per heavy atom. The van der Waals surface area contributed by atoms with Crippen molar-refractivity contribution in [3.05, 3.63) is 60.2 Å². The summed E-state index contributed by atoms with van der Waals surface area (Å²) in [6.07, 6.45) is 9.06. The molecule has 5 heteroatoms. The second-order valence-electron chi connectivity index (χ2n) is 6.58. The molecule has 28 heavy (non-hydrogen) atoms. The third-order valence-electron chi connectivity index (χ3n) is 4.16. The number of unbranched alkanes of at least 4 members (excludes halogenated alkanes) is 5. The first-order chi connectivity index (χ1) is 13.8. The van der Waals surface area contributed by atoms with Gasteiger partial charge in [-0.1, -0.05) is 69.4 Å². The summed E-state index contributed by atoms with van der Waals surface area (Å²) in [5.41, 5.74) is 3.36. The molecule has 0 aliphatic carbocycles. The van der Waals surface area contributed by atoms with Crippen LogP contribution in [0.15, 0.2) is 59.7 Å². The highest BCUT2D eigenvalue weighted by molar-refractivity contribution is 5.82. The Kier molecular flexibility index (Phi) is 10.3. The van der Waals surface area contributed by atoms with Crippen molar-refractivity contribution in [1.29, 1.82) is 0 Å². The van der Waals surface area contributed by atoms with E-state index < -0.39 is 0 Å². The highest BCUT2D eigenvalue weighted by Gasteiger charge is 2.02. The molecular formula is C23H30N2O3. The molecular weight excluding hydrogens is 352 g/mol. The van der Waals surface area contributed by atoms with Gasteiger partial charge in [0.1, 0.15) is 11.5 Å². The van der Waals surface area contributed by atoms with Gasteiger partial charge in [0.15, 0.2) is 6.61 Å². The van der Waals surface area contributed by atoms with Crippen LogP contribution in [-0.2, 0) is 4.79 Å². The predicted molar refractivity (Wildman–Crippen MR) is 113 cm³/mol. The van der Waals surface area contributed by atoms with Gasteiger partial charge in [-0.3, -0.25) is 4.79 Å². The van der Waals surface area contributed by atoms with Crippen molar-refractivity contribution in [3.8, 4) is 11.5 Å². The zero-order valence-electron chi connectivity index (χ0n) is 16.6. The largest absolute Gasteiger partial charge is 0.494 e. The monoisotopic (exact) mass is 382 g/mol. The van der Waals surface area contributed by atoms with Crippen molar-refractivity contribution in [3.63, 3.8) is 0 Å². The molecule has 150 valence electrons. The molecule has 0 spiro atoms. The van der Waals surface area contributed by atoms with Gasteiger partial charge in [-0.05, 0) is 36.2 Å². The number of benzene rings is 2. The minimum atomic E-state index is -0.310. The molecule has 2 aromatic rings. The van der Waals surface area contributed by atoms with E-state index in [9.17, 15) is 4.79 Å². The molecule has 0 unspecified atom stereocenters. The predicted octanol–water partition coefficient (Wildman–Crippen LogP) is 4.96. The Morgan fingerprint density at radius 3 is 2.25 bits per heavy atom. The number of nitrogens with one attached hydrogen (secondary N) is 1. The van der Waals surface area contributed by atoms with E-state index in [-0.39, 0.29) is 12.5 Å². The van der Waals surface area contributed by atoms with Gasteiger partial charge in [0.05, 0.1) is 12.8 Å². The lowest BCUT2D eigenvalue weighted by Crippen LogP contribution is -2.24. The van der Waals surface area contributed by atoms with Gasteiger partial charge in [-0.25, -0.2) is 5.43 Å². The lowest BCUT2D eigenvalue weighted by Gasteiger charge is -2.08. The van der Waals surface area contributed by atoms with Gasteiger partial charge in [0, 0.05) is 0 Å². The van der Waals surface area contributed by atoms with E-state index in [0.29, 0.717) is 5.75 Å². The summed E-state index contributed by atoms with van der Waals surface area (Å²) in [4.78, 5) is 11.8. The van der Waals surface area contributed by atoms with Crippen LogP contribution in [-0.4, -0.2) is 25.3 Å². The van der Waals surface area contributed by atoms with Crippen LogP contribution in [0.2, 0.25) is 0 Å². The number of amides is 1. The Labute approximate surface area is 167 Å². The summed E-state index contributed by atoms with van der Waals surface area (Å²) in [7, 11) is 0. The summed E-state index contributed by atoms with van der Waals surface area (Å²) >= 11 is 0. The number of hydrogen-bond acceptors (Lipinski definition) is 4. The molecule has 0 heterocycles. The molecule has 2 aromatic carbocycles. The molecule has 0 aliphatic heterocycles. The fraction of sp³-hybridized carbons (Fsp3) is 0.391. The number of rotatable bonds is 13. The Hall–Kier alpha value is -2.82. The van der Waals surface area contributed by atoms with E-state index in [0.717, 1.165) is 24.3 Å². The molecule has 0 bridgehead atoms. The number of carbonyl (C=O) groups excluding carboxylic acids is 1. The Bertz CT molecular complexity index is 700. The molecule has 0 atom stereocenters. The van der Waals surface area contributed by atoms with E-state index in [1.807, 2.05) is 42.5 Å². The first kappa shape index (κ1) is 21.5. The van der Waals surface area contributed by atoms with Crippen molar-refractivity contribution < 1.29 is 14.3 Å². The van der Waals surface area contributed by atoms with E-state index in [2.05, 4.69) is 17.5 Å². The molecule has 0 fully saturated rings. The van der Waals surface area contributed by atoms with Crippen molar-refractivity contribution in [2.24, 2.45) is 5.10 Å². The summed E-state index contributed by atoms with van der Waals surface area (Å²) < 4.78 is 11.2. The summed E-state index contributed by atoms with van der Waals surface area (Å²) in [5.74, 6) is 1.13. The summed E-state index contributed by atoms with van der Waals surface area (Å²) in [6.45, 7) is 2.86. The quantitative estimate of drug-likeness (QED) is 0.303. The lowest BCUT2D eigenvalue weighted by molar-refractivity contribution is -0.123. The van der Waals surface area contributed by atoms with Gasteiger partial charge in [-0.2, -0.15) is 5.10 Å². The molecule has 0 saturated heterocycles. The zero-order chi connectivity index (χ0) is 19.9. The molecule has 5 nitrogen and oxygen atoms in total. The highest BCUT2D eigenvalue weighted by Crippen LogP contribution is 2.18. The van der Waals surface area contributed by atoms with Crippen LogP contribution >= 0.6 is 0 Å². The first-order valence-corrected chi connectivity index (χ1v) is 10.0. The van der Waals surface area contributed by atoms with Crippen LogP contribution in [0.1, 0.15) is 51.0 Å². The average molecular weight is 383 g/mol. The topological polar surface area (TPSA) is 59.9 Å². The normalized spacial score (nSPS) is 10.8. The van der Waals surface area contributed by atoms with Crippen LogP contribution in [0.25, 0.3) is 0 Å². The number of ether oxygens (including phenoxy) is 2. The second-order valence-corrected chi connectivity index (χ2v) is 6.58. The van der Waals surface area contributed by atoms with Crippen molar-refractivity contribution in [2.45, 2.75) is 45.4 Å². The Morgan fingerprint density at radius 2 is 1.54 bits per heavy atom. The zero-order valence-corrected chi connectivity index (χ0v) is 16.6. The minimum Gasteiger partial charge on any atom is -0.494 e. The van der Waals surface area contributed by atoms with E-state index in [1.54, 1.807) is 18.3 Å². The maximum absolute atomic E-state index is 11.8. The van der Waals surface area contributed by atoms with E-state index >= 15 is 0 Å². The molecule has 0 aromatic heterocycles. The van der Waals surface area contributed by atoms with Crippen LogP contribution < -0.4 is 14.9 Å². The van der Waals surface area contributed by atoms with Crippen LogP contribution in [0.3, 0.4) is 0 Å². The van der Waals surface area contributed by atoms with Crippen molar-refractivity contribution in [1.82, 2.24) is 5.43 Å². The van der Waals surface area contributed by atoms with Gasteiger partial charge in [-0.15, -0.1) is 0 Å². The van der Waals surface area contributed by atoms with Gasteiger partial charge in [0.2, 0.25) is 0 Å². The molecule has 0 aliphatic rings. The van der Waals surface area contributed by atoms with Crippen molar-refractivity contribution in [2.75, 3.05) is 13.2 Å². The Balaban J connectivity index is 1.60. The highest BCUT2D eigenvalue weighted by atomic mass is 16.5. The SMILES string of the molecule is CCCCCCCCOc1ccc(OCC(=O)N/N=C/c2ccccc2)cc1. The van der Waals surface area contributed by atoms with Crippen LogP contribution in [0.4, 0.5) is 0 Å². The molecule has 0 radical (unpaired) electrons. The van der Waals surface area contributed by atoms with Crippen LogP contribution in [0.5, 0.6) is 11.5 Å². The summed E-state index contributed by atoms with van der Waals surface area (Å²) in [5, 5.41) is 3.91. The third-order valence-corrected chi connectivity index (χ3v) is 4.16. The van der Waals surface area contributed by atoms with Crippen LogP contribution in [0, 0.1) is 0 Å². The van der Waals surface area contributed by atoms with E-state index in [1.165, 1.54) is 32.1 Å². The standard InChI is InChI=1S/C23H30N2O3/c1-2-3-4-5-6-10-17-27-21-13-15-22(16-14-21)28-19-23(26)25-24-18-20-11-8-7-9-12-20/h7-9,11-16,18H,2-6,10,17,19H2,1H3,(H,25,26)/b24-18+. The van der Waals surface area contributed by atoms with Gasteiger partial charge >= 0.3 is 0 Å². The maximum atomic E-state index is 11.8. The second kappa shape index (κ2) is 13.4. The third kappa shape index (κ3) is 9.21. The first-order valence-electron chi connectivity index (χ1n) is 10.0. The molecule has 2 rings (SSSR count). The molecule has 1 amide bonds. The number of hydrazone groups is 1. The smallest absolute Gasteiger partial charge is 0.277 e. The number of nitrogens with zero attached hydrogens (tertiary/aromatic N) is 1.